The Balaban J connectivity index is 1.84. The number of carboxylic acids is 1. The van der Waals surface area contributed by atoms with Gasteiger partial charge in [-0.05, 0) is 36.2 Å². The molecule has 1 aromatic heterocycles. The highest BCUT2D eigenvalue weighted by molar-refractivity contribution is 5.87. The second-order valence-electron chi connectivity index (χ2n) is 6.60. The van der Waals surface area contributed by atoms with Crippen LogP contribution in [0.1, 0.15) is 29.8 Å². The molecular weight excluding hydrogens is 344 g/mol. The molecule has 3 N–H and O–H groups in total. The van der Waals surface area contributed by atoms with Gasteiger partial charge in [0.25, 0.3) is 0 Å². The lowest BCUT2D eigenvalue weighted by atomic mass is 9.90. The van der Waals surface area contributed by atoms with Crippen LogP contribution in [0, 0.1) is 0 Å². The van der Waals surface area contributed by atoms with Crippen LogP contribution in [0.4, 0.5) is 0 Å². The Hall–Kier alpha value is -2.99. The van der Waals surface area contributed by atoms with E-state index in [1.54, 1.807) is 7.11 Å². The zero-order chi connectivity index (χ0) is 19.0. The number of carboxylic acid groups (broad SMARTS) is 1. The van der Waals surface area contributed by atoms with Crippen molar-refractivity contribution in [2.45, 2.75) is 25.4 Å². The Labute approximate surface area is 157 Å². The molecule has 2 unspecified atom stereocenters. The largest absolute Gasteiger partial charge is 0.493 e. The maximum atomic E-state index is 11.7. The zero-order valence-electron chi connectivity index (χ0n) is 15.3. The van der Waals surface area contributed by atoms with Crippen LogP contribution in [0.3, 0.4) is 0 Å². The first kappa shape index (κ1) is 17.4. The van der Waals surface area contributed by atoms with Gasteiger partial charge in [-0.3, -0.25) is 10.1 Å². The van der Waals surface area contributed by atoms with E-state index in [2.05, 4.69) is 10.3 Å². The Morgan fingerprint density at radius 3 is 2.78 bits per heavy atom. The lowest BCUT2D eigenvalue weighted by molar-refractivity contribution is -0.139. The summed E-state index contributed by atoms with van der Waals surface area (Å²) in [6.45, 7) is 2.47. The van der Waals surface area contributed by atoms with E-state index < -0.39 is 12.0 Å². The van der Waals surface area contributed by atoms with Gasteiger partial charge in [0, 0.05) is 23.0 Å². The number of methoxy groups -OCH3 is 1. The van der Waals surface area contributed by atoms with Gasteiger partial charge in [-0.15, -0.1) is 0 Å². The molecule has 0 bridgehead atoms. The number of hydrogen-bond donors (Lipinski definition) is 3. The van der Waals surface area contributed by atoms with E-state index in [1.165, 1.54) is 0 Å². The number of aliphatic carboxylic acids is 1. The predicted octanol–water partition coefficient (Wildman–Crippen LogP) is 3.26. The summed E-state index contributed by atoms with van der Waals surface area (Å²) in [6.07, 6.45) is 0.444. The second-order valence-corrected chi connectivity index (χ2v) is 6.60. The van der Waals surface area contributed by atoms with Crippen molar-refractivity contribution < 1.29 is 19.4 Å². The smallest absolute Gasteiger partial charge is 0.321 e. The van der Waals surface area contributed by atoms with Crippen LogP contribution in [0.2, 0.25) is 0 Å². The number of para-hydroxylation sites is 1. The van der Waals surface area contributed by atoms with Crippen LogP contribution in [0.25, 0.3) is 10.9 Å². The highest BCUT2D eigenvalue weighted by Crippen LogP contribution is 2.38. The number of aromatic amines is 1. The molecule has 6 nitrogen and oxygen atoms in total. The number of H-pyrrole nitrogens is 1. The van der Waals surface area contributed by atoms with Gasteiger partial charge >= 0.3 is 5.97 Å². The minimum Gasteiger partial charge on any atom is -0.493 e. The molecule has 27 heavy (non-hydrogen) atoms. The van der Waals surface area contributed by atoms with Crippen molar-refractivity contribution in [3.05, 3.63) is 59.3 Å². The molecule has 3 aromatic rings. The van der Waals surface area contributed by atoms with E-state index in [-0.39, 0.29) is 6.04 Å². The van der Waals surface area contributed by atoms with Crippen molar-refractivity contribution in [3.63, 3.8) is 0 Å². The molecule has 2 atom stereocenters. The molecule has 0 amide bonds. The minimum atomic E-state index is -0.853. The van der Waals surface area contributed by atoms with Crippen molar-refractivity contribution >= 4 is 16.9 Å². The Kier molecular flexibility index (Phi) is 4.49. The van der Waals surface area contributed by atoms with Gasteiger partial charge in [-0.25, -0.2) is 0 Å². The molecule has 140 valence electrons. The highest BCUT2D eigenvalue weighted by Gasteiger charge is 2.34. The van der Waals surface area contributed by atoms with Crippen molar-refractivity contribution in [2.75, 3.05) is 13.7 Å². The number of nitrogens with one attached hydrogen (secondary N) is 2. The molecule has 2 heterocycles. The summed E-state index contributed by atoms with van der Waals surface area (Å²) in [5, 5.41) is 14.0. The summed E-state index contributed by atoms with van der Waals surface area (Å²) in [5.74, 6) is 0.450. The standard InChI is InChI=1S/C21H22N2O4/c1-3-27-17-9-8-12(10-18(17)26-2)19-20-14(11-16(23-19)21(24)25)13-6-4-5-7-15(13)22-20/h4-10,16,19,22-23H,3,11H2,1-2H3,(H,24,25). The number of benzene rings is 2. The number of aromatic nitrogens is 1. The fourth-order valence-corrected chi connectivity index (χ4v) is 3.79. The quantitative estimate of drug-likeness (QED) is 0.645. The average Bonchev–Trinajstić information content (AvgIpc) is 3.06. The van der Waals surface area contributed by atoms with Gasteiger partial charge in [0.1, 0.15) is 6.04 Å². The maximum Gasteiger partial charge on any atom is 0.321 e. The van der Waals surface area contributed by atoms with Crippen molar-refractivity contribution in [3.8, 4) is 11.5 Å². The molecule has 1 aliphatic rings. The molecule has 0 saturated heterocycles. The Morgan fingerprint density at radius 1 is 1.22 bits per heavy atom. The fourth-order valence-electron chi connectivity index (χ4n) is 3.79. The van der Waals surface area contributed by atoms with Crippen molar-refractivity contribution in [2.24, 2.45) is 0 Å². The minimum absolute atomic E-state index is 0.271. The van der Waals surface area contributed by atoms with E-state index in [1.807, 2.05) is 49.4 Å². The highest BCUT2D eigenvalue weighted by atomic mass is 16.5. The second kappa shape index (κ2) is 6.96. The molecule has 0 saturated carbocycles. The van der Waals surface area contributed by atoms with E-state index in [4.69, 9.17) is 9.47 Å². The number of ether oxygens (including phenoxy) is 2. The van der Waals surface area contributed by atoms with Crippen LogP contribution in [0.15, 0.2) is 42.5 Å². The van der Waals surface area contributed by atoms with Crippen LogP contribution in [0.5, 0.6) is 11.5 Å². The van der Waals surface area contributed by atoms with Crippen LogP contribution < -0.4 is 14.8 Å². The average molecular weight is 366 g/mol. The van der Waals surface area contributed by atoms with Gasteiger partial charge in [-0.1, -0.05) is 24.3 Å². The number of hydrogen-bond acceptors (Lipinski definition) is 4. The van der Waals surface area contributed by atoms with Gasteiger partial charge in [0.15, 0.2) is 11.5 Å². The summed E-state index contributed by atoms with van der Waals surface area (Å²) in [6, 6.07) is 12.8. The summed E-state index contributed by atoms with van der Waals surface area (Å²) in [5.41, 5.74) is 3.99. The number of rotatable bonds is 5. The molecule has 0 spiro atoms. The summed E-state index contributed by atoms with van der Waals surface area (Å²) >= 11 is 0. The molecule has 2 aromatic carbocycles. The number of carbonyl (C=O) groups is 1. The van der Waals surface area contributed by atoms with Crippen LogP contribution in [-0.2, 0) is 11.2 Å². The third-order valence-electron chi connectivity index (χ3n) is 5.03. The summed E-state index contributed by atoms with van der Waals surface area (Å²) < 4.78 is 11.1. The van der Waals surface area contributed by atoms with Gasteiger partial charge < -0.3 is 19.6 Å². The van der Waals surface area contributed by atoms with Gasteiger partial charge in [-0.2, -0.15) is 0 Å². The lowest BCUT2D eigenvalue weighted by Gasteiger charge is -2.30. The fraction of sp³-hybridized carbons (Fsp3) is 0.286. The third kappa shape index (κ3) is 3.02. The van der Waals surface area contributed by atoms with Gasteiger partial charge in [0.2, 0.25) is 0 Å². The number of fused-ring (bicyclic) bond motifs is 3. The van der Waals surface area contributed by atoms with Crippen LogP contribution in [-0.4, -0.2) is 35.8 Å². The predicted molar refractivity (Wildman–Crippen MR) is 103 cm³/mol. The first-order valence-corrected chi connectivity index (χ1v) is 9.01. The van der Waals surface area contributed by atoms with Crippen molar-refractivity contribution in [1.29, 1.82) is 0 Å². The molecule has 4 rings (SSSR count). The zero-order valence-corrected chi connectivity index (χ0v) is 15.3. The van der Waals surface area contributed by atoms with E-state index >= 15 is 0 Å². The summed E-state index contributed by atoms with van der Waals surface area (Å²) in [4.78, 5) is 15.2. The topological polar surface area (TPSA) is 83.6 Å². The molecular formula is C21H22N2O4. The van der Waals surface area contributed by atoms with E-state index in [9.17, 15) is 9.90 Å². The first-order valence-electron chi connectivity index (χ1n) is 9.01. The van der Waals surface area contributed by atoms with E-state index in [0.717, 1.165) is 27.7 Å². The molecule has 6 heteroatoms. The van der Waals surface area contributed by atoms with Crippen molar-refractivity contribution in [1.82, 2.24) is 10.3 Å². The maximum absolute atomic E-state index is 11.7. The SMILES string of the molecule is CCOc1ccc(C2NC(C(=O)O)Cc3c2[nH]c2ccccc32)cc1OC. The Morgan fingerprint density at radius 2 is 2.04 bits per heavy atom. The Bertz CT molecular complexity index is 995. The molecule has 0 radical (unpaired) electrons. The molecule has 0 fully saturated rings. The summed E-state index contributed by atoms with van der Waals surface area (Å²) in [7, 11) is 1.60. The first-order chi connectivity index (χ1) is 13.1. The van der Waals surface area contributed by atoms with Gasteiger partial charge in [0.05, 0.1) is 19.8 Å². The third-order valence-corrected chi connectivity index (χ3v) is 5.03. The van der Waals surface area contributed by atoms with Crippen LogP contribution >= 0.6 is 0 Å². The molecule has 1 aliphatic heterocycles. The van der Waals surface area contributed by atoms with E-state index in [0.29, 0.717) is 24.5 Å². The molecule has 0 aliphatic carbocycles. The normalized spacial score (nSPS) is 18.9. The monoisotopic (exact) mass is 366 g/mol. The lowest BCUT2D eigenvalue weighted by Crippen LogP contribution is -2.44.